The lowest BCUT2D eigenvalue weighted by Crippen LogP contribution is -2.57. The first kappa shape index (κ1) is 15.1. The molecular formula is C12H21Cl2NSi2. The van der Waals surface area contributed by atoms with Crippen LogP contribution in [0.4, 0.5) is 5.69 Å². The Bertz CT molecular complexity index is 374. The lowest BCUT2D eigenvalue weighted by Gasteiger charge is -2.43. The van der Waals surface area contributed by atoms with Gasteiger partial charge < -0.3 is 4.23 Å². The fraction of sp³-hybridized carbons (Fsp3) is 0.500. The monoisotopic (exact) mass is 305 g/mol. The van der Waals surface area contributed by atoms with Gasteiger partial charge >= 0.3 is 6.86 Å². The van der Waals surface area contributed by atoms with Gasteiger partial charge in [-0.1, -0.05) is 37.8 Å². The highest BCUT2D eigenvalue weighted by atomic mass is 35.7. The van der Waals surface area contributed by atoms with Crippen LogP contribution >= 0.6 is 22.2 Å². The molecule has 0 unspecified atom stereocenters. The van der Waals surface area contributed by atoms with Gasteiger partial charge in [0.05, 0.1) is 0 Å². The Kier molecular flexibility index (Phi) is 4.40. The zero-order valence-electron chi connectivity index (χ0n) is 11.4. The molecule has 0 atom stereocenters. The van der Waals surface area contributed by atoms with Gasteiger partial charge in [-0.2, -0.15) is 0 Å². The summed E-state index contributed by atoms with van der Waals surface area (Å²) in [6.07, 6.45) is 0. The molecule has 0 aliphatic carbocycles. The van der Waals surface area contributed by atoms with Crippen LogP contribution in [0.15, 0.2) is 18.2 Å². The molecule has 0 aliphatic rings. The van der Waals surface area contributed by atoms with Crippen molar-refractivity contribution in [2.24, 2.45) is 0 Å². The van der Waals surface area contributed by atoms with E-state index in [4.69, 9.17) is 22.2 Å². The van der Waals surface area contributed by atoms with E-state index in [0.29, 0.717) is 0 Å². The van der Waals surface area contributed by atoms with Crippen molar-refractivity contribution in [3.8, 4) is 0 Å². The summed E-state index contributed by atoms with van der Waals surface area (Å²) < 4.78 is 2.34. The molecule has 1 aromatic rings. The third kappa shape index (κ3) is 3.50. The third-order valence-corrected chi connectivity index (χ3v) is 10.5. The van der Waals surface area contributed by atoms with Gasteiger partial charge in [0.2, 0.25) is 0 Å². The summed E-state index contributed by atoms with van der Waals surface area (Å²) in [5, 5.41) is 0. The molecule has 1 rings (SSSR count). The van der Waals surface area contributed by atoms with E-state index >= 15 is 0 Å². The summed E-state index contributed by atoms with van der Waals surface area (Å²) in [5.41, 5.74) is 3.76. The fourth-order valence-corrected chi connectivity index (χ4v) is 13.8. The lowest BCUT2D eigenvalue weighted by molar-refractivity contribution is 1.30. The second-order valence-corrected chi connectivity index (χ2v) is 18.0. The van der Waals surface area contributed by atoms with Crippen LogP contribution in [-0.2, 0) is 0 Å². The minimum atomic E-state index is -2.39. The van der Waals surface area contributed by atoms with Crippen LogP contribution in [0.1, 0.15) is 11.1 Å². The molecule has 0 fully saturated rings. The van der Waals surface area contributed by atoms with Gasteiger partial charge in [0.1, 0.15) is 8.24 Å². The molecule has 96 valence electrons. The number of rotatable bonds is 3. The van der Waals surface area contributed by atoms with Gasteiger partial charge in [-0.25, -0.2) is 0 Å². The first-order valence-corrected chi connectivity index (χ1v) is 13.7. The number of hydrogen-bond donors (Lipinski definition) is 0. The van der Waals surface area contributed by atoms with Crippen molar-refractivity contribution in [3.05, 3.63) is 29.3 Å². The molecule has 0 heterocycles. The molecular weight excluding hydrogens is 285 g/mol. The van der Waals surface area contributed by atoms with Gasteiger partial charge in [0.25, 0.3) is 0 Å². The van der Waals surface area contributed by atoms with Gasteiger partial charge in [0, 0.05) is 5.69 Å². The molecule has 17 heavy (non-hydrogen) atoms. The summed E-state index contributed by atoms with van der Waals surface area (Å²) in [7, 11) is -1.59. The number of benzene rings is 1. The van der Waals surface area contributed by atoms with Crippen LogP contribution in [0.3, 0.4) is 0 Å². The first-order chi connectivity index (χ1) is 7.55. The Morgan fingerprint density at radius 3 is 1.65 bits per heavy atom. The number of anilines is 1. The maximum Gasteiger partial charge on any atom is 0.341 e. The van der Waals surface area contributed by atoms with Gasteiger partial charge in [0.15, 0.2) is 0 Å². The maximum absolute atomic E-state index is 6.53. The van der Waals surface area contributed by atoms with Crippen molar-refractivity contribution in [2.75, 3.05) is 4.23 Å². The molecule has 0 spiro atoms. The smallest absolute Gasteiger partial charge is 0.341 e. The predicted molar refractivity (Wildman–Crippen MR) is 85.1 cm³/mol. The van der Waals surface area contributed by atoms with Crippen LogP contribution < -0.4 is 4.23 Å². The molecule has 0 bridgehead atoms. The van der Waals surface area contributed by atoms with Crippen LogP contribution in [-0.4, -0.2) is 15.1 Å². The largest absolute Gasteiger partial charge is 0.401 e. The average molecular weight is 306 g/mol. The van der Waals surface area contributed by atoms with E-state index in [1.807, 2.05) is 6.55 Å². The van der Waals surface area contributed by atoms with Crippen LogP contribution in [0, 0.1) is 13.8 Å². The predicted octanol–water partition coefficient (Wildman–Crippen LogP) is 4.99. The number of para-hydroxylation sites is 1. The van der Waals surface area contributed by atoms with Crippen molar-refractivity contribution in [1.29, 1.82) is 0 Å². The molecule has 0 aromatic heterocycles. The Hall–Kier alpha value is 0.0338. The van der Waals surface area contributed by atoms with E-state index in [1.165, 1.54) is 16.8 Å². The van der Waals surface area contributed by atoms with E-state index in [2.05, 4.69) is 55.9 Å². The molecule has 5 heteroatoms. The molecule has 1 aromatic carbocycles. The van der Waals surface area contributed by atoms with E-state index in [1.54, 1.807) is 0 Å². The van der Waals surface area contributed by atoms with Gasteiger partial charge in [-0.3, -0.25) is 0 Å². The van der Waals surface area contributed by atoms with Crippen LogP contribution in [0.25, 0.3) is 0 Å². The summed E-state index contributed by atoms with van der Waals surface area (Å²) in [6.45, 7) is 10.7. The summed E-state index contributed by atoms with van der Waals surface area (Å²) in [6, 6.07) is 6.34. The minimum absolute atomic E-state index is 1.24. The van der Waals surface area contributed by atoms with Crippen molar-refractivity contribution in [3.63, 3.8) is 0 Å². The Morgan fingerprint density at radius 1 is 0.941 bits per heavy atom. The zero-order valence-corrected chi connectivity index (χ0v) is 14.9. The SMILES string of the molecule is Cc1cccc(C)c1N([Si](C)(C)C)[Si](C)(Cl)Cl. The molecule has 0 N–H and O–H groups in total. The fourth-order valence-electron chi connectivity index (χ4n) is 2.28. The van der Waals surface area contributed by atoms with Crippen molar-refractivity contribution < 1.29 is 0 Å². The summed E-state index contributed by atoms with van der Waals surface area (Å²) >= 11 is 13.1. The second kappa shape index (κ2) is 4.96. The Balaban J connectivity index is 3.44. The van der Waals surface area contributed by atoms with Crippen molar-refractivity contribution in [2.45, 2.75) is 40.0 Å². The highest BCUT2D eigenvalue weighted by molar-refractivity contribution is 7.48. The highest BCUT2D eigenvalue weighted by Crippen LogP contribution is 2.36. The molecule has 1 nitrogen and oxygen atoms in total. The number of hydrogen-bond acceptors (Lipinski definition) is 1. The van der Waals surface area contributed by atoms with Crippen molar-refractivity contribution in [1.82, 2.24) is 0 Å². The topological polar surface area (TPSA) is 3.24 Å². The Morgan fingerprint density at radius 2 is 1.35 bits per heavy atom. The number of nitrogens with zero attached hydrogens (tertiary/aromatic N) is 1. The van der Waals surface area contributed by atoms with Gasteiger partial charge in [-0.05, 0) is 31.5 Å². The standard InChI is InChI=1S/C12H21Cl2NSi2/c1-10-8-7-9-11(2)12(10)15(16(3,4)5)17(6,13)14/h7-9H,1-6H3. The summed E-state index contributed by atoms with van der Waals surface area (Å²) in [5.74, 6) is 0. The summed E-state index contributed by atoms with van der Waals surface area (Å²) in [4.78, 5) is 0. The third-order valence-electron chi connectivity index (χ3n) is 2.73. The van der Waals surface area contributed by atoms with E-state index < -0.39 is 15.1 Å². The van der Waals surface area contributed by atoms with Crippen molar-refractivity contribution >= 4 is 42.9 Å². The zero-order chi connectivity index (χ0) is 13.4. The minimum Gasteiger partial charge on any atom is -0.401 e. The maximum atomic E-state index is 6.53. The van der Waals surface area contributed by atoms with Crippen LogP contribution in [0.2, 0.25) is 26.2 Å². The van der Waals surface area contributed by atoms with Crippen LogP contribution in [0.5, 0.6) is 0 Å². The van der Waals surface area contributed by atoms with E-state index in [0.717, 1.165) is 0 Å². The van der Waals surface area contributed by atoms with Gasteiger partial charge in [-0.15, -0.1) is 22.2 Å². The highest BCUT2D eigenvalue weighted by Gasteiger charge is 2.40. The van der Waals surface area contributed by atoms with E-state index in [-0.39, 0.29) is 0 Å². The molecule has 0 amide bonds. The molecule has 0 saturated carbocycles. The van der Waals surface area contributed by atoms with E-state index in [9.17, 15) is 0 Å². The normalized spacial score (nSPS) is 12.7. The number of halogens is 2. The number of aryl methyl sites for hydroxylation is 2. The molecule has 0 saturated heterocycles. The quantitative estimate of drug-likeness (QED) is 0.561. The Labute approximate surface area is 116 Å². The average Bonchev–Trinajstić information content (AvgIpc) is 2.06. The molecule has 0 aliphatic heterocycles. The lowest BCUT2D eigenvalue weighted by atomic mass is 10.1. The molecule has 0 radical (unpaired) electrons. The first-order valence-electron chi connectivity index (χ1n) is 5.79. The second-order valence-electron chi connectivity index (χ2n) is 5.59.